The van der Waals surface area contributed by atoms with Gasteiger partial charge in [0.1, 0.15) is 5.82 Å². The highest BCUT2D eigenvalue weighted by Crippen LogP contribution is 2.20. The maximum atomic E-state index is 12.8. The Balaban J connectivity index is 1.56. The molecule has 0 saturated carbocycles. The molecule has 0 unspecified atom stereocenters. The van der Waals surface area contributed by atoms with Gasteiger partial charge in [0, 0.05) is 29.1 Å². The predicted octanol–water partition coefficient (Wildman–Crippen LogP) is 4.10. The molecule has 0 aliphatic rings. The van der Waals surface area contributed by atoms with Crippen LogP contribution in [0.1, 0.15) is 12.3 Å². The molecule has 0 spiro atoms. The molecule has 5 nitrogen and oxygen atoms in total. The van der Waals surface area contributed by atoms with Gasteiger partial charge < -0.3 is 9.73 Å². The molecule has 1 heterocycles. The summed E-state index contributed by atoms with van der Waals surface area (Å²) in [4.78, 5) is 11.9. The Morgan fingerprint density at radius 1 is 1.08 bits per heavy atom. The molecule has 7 heteroatoms. The molecule has 0 saturated heterocycles. The van der Waals surface area contributed by atoms with Gasteiger partial charge in [0.2, 0.25) is 17.7 Å². The molecule has 0 aliphatic heterocycles. The fraction of sp³-hybridized carbons (Fsp3) is 0.118. The van der Waals surface area contributed by atoms with Crippen LogP contribution < -0.4 is 5.32 Å². The molecular weight excluding hydrogens is 333 g/mol. The first-order valence-electron chi connectivity index (χ1n) is 7.24. The maximum absolute atomic E-state index is 12.8. The lowest BCUT2D eigenvalue weighted by Crippen LogP contribution is -2.12. The highest BCUT2D eigenvalue weighted by atomic mass is 35.5. The van der Waals surface area contributed by atoms with Crippen molar-refractivity contribution in [3.63, 3.8) is 0 Å². The monoisotopic (exact) mass is 345 g/mol. The number of nitrogens with one attached hydrogen (secondary N) is 1. The Morgan fingerprint density at radius 3 is 2.50 bits per heavy atom. The van der Waals surface area contributed by atoms with E-state index >= 15 is 0 Å². The summed E-state index contributed by atoms with van der Waals surface area (Å²) in [5.74, 6) is 0.177. The zero-order valence-electron chi connectivity index (χ0n) is 12.5. The molecule has 122 valence electrons. The third-order valence-corrected chi connectivity index (χ3v) is 3.50. The van der Waals surface area contributed by atoms with Crippen LogP contribution in [0.15, 0.2) is 52.9 Å². The molecule has 0 aliphatic carbocycles. The van der Waals surface area contributed by atoms with E-state index < -0.39 is 0 Å². The van der Waals surface area contributed by atoms with Gasteiger partial charge in [0.05, 0.1) is 0 Å². The minimum atomic E-state index is -0.353. The van der Waals surface area contributed by atoms with E-state index in [1.165, 1.54) is 24.3 Å². The molecule has 1 aromatic heterocycles. The Morgan fingerprint density at radius 2 is 1.79 bits per heavy atom. The fourth-order valence-corrected chi connectivity index (χ4v) is 2.17. The fourth-order valence-electron chi connectivity index (χ4n) is 2.04. The Kier molecular flexibility index (Phi) is 4.86. The molecule has 0 fully saturated rings. The van der Waals surface area contributed by atoms with E-state index in [9.17, 15) is 9.18 Å². The van der Waals surface area contributed by atoms with Crippen molar-refractivity contribution < 1.29 is 13.6 Å². The first kappa shape index (κ1) is 16.1. The summed E-state index contributed by atoms with van der Waals surface area (Å²) in [7, 11) is 0. The van der Waals surface area contributed by atoms with Crippen LogP contribution in [0.4, 0.5) is 10.1 Å². The van der Waals surface area contributed by atoms with Gasteiger partial charge in [0.25, 0.3) is 0 Å². The lowest BCUT2D eigenvalue weighted by molar-refractivity contribution is -0.116. The smallest absolute Gasteiger partial charge is 0.247 e. The first-order chi connectivity index (χ1) is 11.6. The van der Waals surface area contributed by atoms with Crippen molar-refractivity contribution in [3.8, 4) is 11.5 Å². The van der Waals surface area contributed by atoms with E-state index in [1.807, 2.05) is 0 Å². The quantitative estimate of drug-likeness (QED) is 0.756. The van der Waals surface area contributed by atoms with E-state index in [1.54, 1.807) is 24.3 Å². The number of amides is 1. The summed E-state index contributed by atoms with van der Waals surface area (Å²) in [6, 6.07) is 12.6. The molecule has 0 radical (unpaired) electrons. The maximum Gasteiger partial charge on any atom is 0.247 e. The molecular formula is C17H13ClFN3O2. The molecule has 0 bridgehead atoms. The van der Waals surface area contributed by atoms with E-state index in [-0.39, 0.29) is 18.1 Å². The van der Waals surface area contributed by atoms with Gasteiger partial charge in [-0.3, -0.25) is 4.79 Å². The number of aryl methyl sites for hydroxylation is 1. The number of carbonyl (C=O) groups is 1. The van der Waals surface area contributed by atoms with Crippen molar-refractivity contribution in [2.24, 2.45) is 0 Å². The zero-order valence-corrected chi connectivity index (χ0v) is 13.3. The third kappa shape index (κ3) is 4.17. The van der Waals surface area contributed by atoms with Crippen LogP contribution in [0, 0.1) is 5.82 Å². The van der Waals surface area contributed by atoms with Crippen molar-refractivity contribution in [1.29, 1.82) is 0 Å². The highest BCUT2D eigenvalue weighted by molar-refractivity contribution is 6.30. The second-order valence-electron chi connectivity index (χ2n) is 5.06. The number of hydrogen-bond acceptors (Lipinski definition) is 4. The Labute approximate surface area is 142 Å². The van der Waals surface area contributed by atoms with Crippen LogP contribution in [0.3, 0.4) is 0 Å². The van der Waals surface area contributed by atoms with Gasteiger partial charge in [-0.05, 0) is 48.5 Å². The summed E-state index contributed by atoms with van der Waals surface area (Å²) in [5, 5.41) is 11.2. The molecule has 3 rings (SSSR count). The summed E-state index contributed by atoms with van der Waals surface area (Å²) in [5.41, 5.74) is 1.29. The number of aromatic nitrogens is 2. The molecule has 1 N–H and O–H groups in total. The lowest BCUT2D eigenvalue weighted by atomic mass is 10.2. The number of benzene rings is 2. The molecule has 2 aromatic carbocycles. The second-order valence-corrected chi connectivity index (χ2v) is 5.50. The first-order valence-corrected chi connectivity index (χ1v) is 7.62. The van der Waals surface area contributed by atoms with Gasteiger partial charge in [-0.1, -0.05) is 11.6 Å². The molecule has 1 amide bonds. The van der Waals surface area contributed by atoms with Crippen LogP contribution in [0.5, 0.6) is 0 Å². The molecule has 3 aromatic rings. The van der Waals surface area contributed by atoms with Gasteiger partial charge in [-0.2, -0.15) is 0 Å². The van der Waals surface area contributed by atoms with Crippen molar-refractivity contribution in [1.82, 2.24) is 10.2 Å². The average Bonchev–Trinajstić information content (AvgIpc) is 3.05. The summed E-state index contributed by atoms with van der Waals surface area (Å²) in [6.07, 6.45) is 0.493. The average molecular weight is 346 g/mol. The van der Waals surface area contributed by atoms with Crippen molar-refractivity contribution in [2.45, 2.75) is 12.8 Å². The topological polar surface area (TPSA) is 68.0 Å². The predicted molar refractivity (Wildman–Crippen MR) is 88.1 cm³/mol. The Hall–Kier alpha value is -2.73. The molecule has 24 heavy (non-hydrogen) atoms. The normalized spacial score (nSPS) is 10.6. The van der Waals surface area contributed by atoms with Gasteiger partial charge in [-0.15, -0.1) is 10.2 Å². The van der Waals surface area contributed by atoms with Crippen LogP contribution in [-0.2, 0) is 11.2 Å². The number of anilines is 1. The third-order valence-electron chi connectivity index (χ3n) is 3.25. The second kappa shape index (κ2) is 7.23. The largest absolute Gasteiger partial charge is 0.421 e. The van der Waals surface area contributed by atoms with Crippen LogP contribution in [0.2, 0.25) is 5.02 Å². The van der Waals surface area contributed by atoms with Crippen molar-refractivity contribution in [3.05, 3.63) is 65.3 Å². The van der Waals surface area contributed by atoms with Gasteiger partial charge in [-0.25, -0.2) is 4.39 Å². The van der Waals surface area contributed by atoms with E-state index in [0.29, 0.717) is 28.9 Å². The summed E-state index contributed by atoms with van der Waals surface area (Å²) < 4.78 is 18.3. The summed E-state index contributed by atoms with van der Waals surface area (Å²) >= 11 is 5.83. The number of carbonyl (C=O) groups excluding carboxylic acids is 1. The number of rotatable bonds is 5. The highest BCUT2D eigenvalue weighted by Gasteiger charge is 2.11. The number of halogens is 2. The van der Waals surface area contributed by atoms with E-state index in [4.69, 9.17) is 16.0 Å². The van der Waals surface area contributed by atoms with Crippen LogP contribution in [0.25, 0.3) is 11.5 Å². The number of nitrogens with zero attached hydrogens (tertiary/aromatic N) is 2. The van der Waals surface area contributed by atoms with E-state index in [0.717, 1.165) is 5.56 Å². The van der Waals surface area contributed by atoms with Crippen LogP contribution >= 0.6 is 11.6 Å². The van der Waals surface area contributed by atoms with Gasteiger partial charge >= 0.3 is 0 Å². The zero-order chi connectivity index (χ0) is 16.9. The standard InChI is InChI=1S/C17H13ClFN3O2/c18-12-3-1-11(2-4-12)17-22-21-16(24-17)10-9-15(23)20-14-7-5-13(19)6-8-14/h1-8H,9-10H2,(H,20,23). The lowest BCUT2D eigenvalue weighted by Gasteiger charge is -2.03. The van der Waals surface area contributed by atoms with E-state index in [2.05, 4.69) is 15.5 Å². The van der Waals surface area contributed by atoms with Gasteiger partial charge in [0.15, 0.2) is 0 Å². The number of hydrogen-bond donors (Lipinski definition) is 1. The summed E-state index contributed by atoms with van der Waals surface area (Å²) in [6.45, 7) is 0. The minimum absolute atomic E-state index is 0.180. The van der Waals surface area contributed by atoms with Crippen LogP contribution in [-0.4, -0.2) is 16.1 Å². The SMILES string of the molecule is O=C(CCc1nnc(-c2ccc(Cl)cc2)o1)Nc1ccc(F)cc1. The molecule has 0 atom stereocenters. The van der Waals surface area contributed by atoms with Crippen molar-refractivity contribution in [2.75, 3.05) is 5.32 Å². The Bertz CT molecular complexity index is 832. The van der Waals surface area contributed by atoms with Crippen molar-refractivity contribution >= 4 is 23.2 Å². The minimum Gasteiger partial charge on any atom is -0.421 e.